The molecule has 0 saturated carbocycles. The van der Waals surface area contributed by atoms with Crippen LogP contribution >= 0.6 is 8.46 Å². The fourth-order valence-electron chi connectivity index (χ4n) is 0.757. The van der Waals surface area contributed by atoms with Crippen molar-refractivity contribution in [1.82, 2.24) is 0 Å². The smallest absolute Gasteiger partial charge is 0.406 e. The van der Waals surface area contributed by atoms with Gasteiger partial charge >= 0.3 is 14.8 Å². The molecule has 1 unspecified atom stereocenters. The highest BCUT2D eigenvalue weighted by molar-refractivity contribution is 7.34. The number of alkyl halides is 3. The molecule has 13 heavy (non-hydrogen) atoms. The normalized spacial score (nSPS) is 11.6. The maximum absolute atomic E-state index is 11.7. The molecular formula is C7H5F3O2P+. The van der Waals surface area contributed by atoms with Crippen LogP contribution in [0.15, 0.2) is 24.3 Å². The molecule has 1 aromatic rings. The number of benzene rings is 1. The predicted molar refractivity (Wildman–Crippen MR) is 41.8 cm³/mol. The second-order valence-electron chi connectivity index (χ2n) is 2.18. The molecule has 0 heterocycles. The molecule has 0 bridgehead atoms. The van der Waals surface area contributed by atoms with Gasteiger partial charge in [-0.15, -0.1) is 13.2 Å². The molecular weight excluding hydrogens is 204 g/mol. The van der Waals surface area contributed by atoms with Crippen LogP contribution in [-0.2, 0) is 4.57 Å². The Hall–Kier alpha value is -1.09. The summed E-state index contributed by atoms with van der Waals surface area (Å²) in [4.78, 5) is 0. The van der Waals surface area contributed by atoms with Crippen LogP contribution in [0.2, 0.25) is 0 Å². The molecule has 1 atom stereocenters. The van der Waals surface area contributed by atoms with Gasteiger partial charge in [-0.3, -0.25) is 0 Å². The molecule has 0 aliphatic rings. The van der Waals surface area contributed by atoms with E-state index < -0.39 is 14.8 Å². The van der Waals surface area contributed by atoms with Gasteiger partial charge in [-0.25, -0.2) is 0 Å². The number of rotatable bonds is 2. The van der Waals surface area contributed by atoms with E-state index in [1.54, 1.807) is 0 Å². The first-order valence-electron chi connectivity index (χ1n) is 3.25. The van der Waals surface area contributed by atoms with Crippen molar-refractivity contribution in [3.05, 3.63) is 24.3 Å². The van der Waals surface area contributed by atoms with Crippen molar-refractivity contribution in [3.8, 4) is 5.75 Å². The van der Waals surface area contributed by atoms with Crippen LogP contribution < -0.4 is 10.0 Å². The van der Waals surface area contributed by atoms with Gasteiger partial charge in [0, 0.05) is 6.07 Å². The van der Waals surface area contributed by atoms with E-state index in [2.05, 4.69) is 4.74 Å². The van der Waals surface area contributed by atoms with Gasteiger partial charge in [-0.1, -0.05) is 10.6 Å². The summed E-state index contributed by atoms with van der Waals surface area (Å²) in [7, 11) is -0.784. The second kappa shape index (κ2) is 3.75. The van der Waals surface area contributed by atoms with Gasteiger partial charge in [0.05, 0.1) is 0 Å². The predicted octanol–water partition coefficient (Wildman–Crippen LogP) is 2.23. The molecule has 0 fully saturated rings. The minimum Gasteiger partial charge on any atom is -0.406 e. The van der Waals surface area contributed by atoms with E-state index in [1.165, 1.54) is 12.1 Å². The SMILES string of the molecule is O=[PH+]c1cccc(OC(F)(F)F)c1. The first-order chi connectivity index (χ1) is 6.01. The molecule has 0 amide bonds. The third kappa shape index (κ3) is 3.42. The van der Waals surface area contributed by atoms with Crippen LogP contribution in [0, 0.1) is 0 Å². The topological polar surface area (TPSA) is 26.3 Å². The summed E-state index contributed by atoms with van der Waals surface area (Å²) < 4.78 is 49.0. The molecule has 6 heteroatoms. The number of ether oxygens (including phenoxy) is 1. The Morgan fingerprint density at radius 1 is 1.31 bits per heavy atom. The van der Waals surface area contributed by atoms with Gasteiger partial charge in [0.25, 0.3) is 0 Å². The lowest BCUT2D eigenvalue weighted by atomic mass is 10.3. The molecule has 0 N–H and O–H groups in total. The number of hydrogen-bond acceptors (Lipinski definition) is 2. The zero-order valence-electron chi connectivity index (χ0n) is 6.26. The fraction of sp³-hybridized carbons (Fsp3) is 0.143. The largest absolute Gasteiger partial charge is 0.573 e. The molecule has 0 aliphatic carbocycles. The summed E-state index contributed by atoms with van der Waals surface area (Å²) in [6, 6.07) is 5.03. The van der Waals surface area contributed by atoms with Crippen molar-refractivity contribution in [2.45, 2.75) is 6.36 Å². The minimum atomic E-state index is -4.70. The van der Waals surface area contributed by atoms with Gasteiger partial charge in [-0.05, 0) is 12.1 Å². The summed E-state index contributed by atoms with van der Waals surface area (Å²) in [6.45, 7) is 0. The average molecular weight is 209 g/mol. The summed E-state index contributed by atoms with van der Waals surface area (Å²) in [5, 5.41) is 0.293. The van der Waals surface area contributed by atoms with Crippen LogP contribution in [0.4, 0.5) is 13.2 Å². The zero-order valence-corrected chi connectivity index (χ0v) is 7.26. The van der Waals surface area contributed by atoms with Gasteiger partial charge in [0.2, 0.25) is 0 Å². The van der Waals surface area contributed by atoms with E-state index >= 15 is 0 Å². The zero-order chi connectivity index (χ0) is 9.90. The average Bonchev–Trinajstić information content (AvgIpc) is 2.01. The van der Waals surface area contributed by atoms with E-state index in [4.69, 9.17) is 0 Å². The minimum absolute atomic E-state index is 0.293. The lowest BCUT2D eigenvalue weighted by molar-refractivity contribution is -0.274. The monoisotopic (exact) mass is 209 g/mol. The summed E-state index contributed by atoms with van der Waals surface area (Å²) in [5.74, 6) is -0.353. The van der Waals surface area contributed by atoms with Crippen molar-refractivity contribution in [2.24, 2.45) is 0 Å². The Morgan fingerprint density at radius 2 is 2.00 bits per heavy atom. The quantitative estimate of drug-likeness (QED) is 0.698. The van der Waals surface area contributed by atoms with E-state index in [1.807, 2.05) is 0 Å². The second-order valence-corrected chi connectivity index (χ2v) is 2.96. The Morgan fingerprint density at radius 3 is 2.54 bits per heavy atom. The highest BCUT2D eigenvalue weighted by Gasteiger charge is 2.31. The molecule has 1 aromatic carbocycles. The third-order valence-electron chi connectivity index (χ3n) is 1.19. The van der Waals surface area contributed by atoms with Crippen LogP contribution in [-0.4, -0.2) is 6.36 Å². The van der Waals surface area contributed by atoms with E-state index in [0.29, 0.717) is 5.30 Å². The van der Waals surface area contributed by atoms with Crippen molar-refractivity contribution >= 4 is 13.8 Å². The lowest BCUT2D eigenvalue weighted by Gasteiger charge is -2.07. The lowest BCUT2D eigenvalue weighted by Crippen LogP contribution is -2.17. The standard InChI is InChI=1S/C7H4F3O2P/c8-7(9,10)12-5-2-1-3-6(4-5)13-11/h1-4H/p+1. The summed E-state index contributed by atoms with van der Waals surface area (Å²) in [5.41, 5.74) is 0. The van der Waals surface area contributed by atoms with Crippen LogP contribution in [0.5, 0.6) is 5.75 Å². The maximum atomic E-state index is 11.7. The molecule has 0 radical (unpaired) electrons. The molecule has 1 rings (SSSR count). The van der Waals surface area contributed by atoms with E-state index in [-0.39, 0.29) is 5.75 Å². The fourth-order valence-corrected chi connectivity index (χ4v) is 1.12. The van der Waals surface area contributed by atoms with E-state index in [9.17, 15) is 17.7 Å². The molecule has 0 spiro atoms. The first kappa shape index (κ1) is 9.99. The Kier molecular flexibility index (Phi) is 2.88. The van der Waals surface area contributed by atoms with Crippen LogP contribution in [0.3, 0.4) is 0 Å². The number of halogens is 3. The molecule has 70 valence electrons. The highest BCUT2D eigenvalue weighted by atomic mass is 31.1. The van der Waals surface area contributed by atoms with Crippen molar-refractivity contribution < 1.29 is 22.5 Å². The Labute approximate surface area is 73.5 Å². The van der Waals surface area contributed by atoms with Crippen molar-refractivity contribution in [2.75, 3.05) is 0 Å². The van der Waals surface area contributed by atoms with Gasteiger partial charge in [-0.2, -0.15) is 0 Å². The van der Waals surface area contributed by atoms with Gasteiger partial charge < -0.3 is 4.74 Å². The Balaban J connectivity index is 2.84. The van der Waals surface area contributed by atoms with Gasteiger partial charge in [0.1, 0.15) is 5.75 Å². The van der Waals surface area contributed by atoms with Crippen molar-refractivity contribution in [3.63, 3.8) is 0 Å². The first-order valence-corrected chi connectivity index (χ1v) is 4.16. The molecule has 0 saturated heterocycles. The Bertz CT molecular complexity index is 311. The highest BCUT2D eigenvalue weighted by Crippen LogP contribution is 2.21. The summed E-state index contributed by atoms with van der Waals surface area (Å²) >= 11 is 0. The summed E-state index contributed by atoms with van der Waals surface area (Å²) in [6.07, 6.45) is -4.70. The van der Waals surface area contributed by atoms with Crippen LogP contribution in [0.25, 0.3) is 0 Å². The molecule has 0 aromatic heterocycles. The maximum Gasteiger partial charge on any atom is 0.573 e. The molecule has 0 aliphatic heterocycles. The number of hydrogen-bond donors (Lipinski definition) is 0. The van der Waals surface area contributed by atoms with Gasteiger partial charge in [0.15, 0.2) is 5.30 Å². The van der Waals surface area contributed by atoms with Crippen molar-refractivity contribution in [1.29, 1.82) is 0 Å². The van der Waals surface area contributed by atoms with E-state index in [0.717, 1.165) is 12.1 Å². The van der Waals surface area contributed by atoms with Crippen LogP contribution in [0.1, 0.15) is 0 Å². The molecule has 2 nitrogen and oxygen atoms in total. The third-order valence-corrected chi connectivity index (χ3v) is 1.73.